The summed E-state index contributed by atoms with van der Waals surface area (Å²) in [4.78, 5) is 35.8. The molecule has 144 valence electrons. The van der Waals surface area contributed by atoms with Gasteiger partial charge in [-0.2, -0.15) is 0 Å². The van der Waals surface area contributed by atoms with Gasteiger partial charge in [0.2, 0.25) is 11.8 Å². The quantitative estimate of drug-likeness (QED) is 0.883. The van der Waals surface area contributed by atoms with E-state index in [1.54, 1.807) is 15.9 Å². The van der Waals surface area contributed by atoms with Crippen molar-refractivity contribution in [1.29, 1.82) is 0 Å². The van der Waals surface area contributed by atoms with Crippen molar-refractivity contribution < 1.29 is 18.7 Å². The molecule has 4 rings (SSSR count). The van der Waals surface area contributed by atoms with Crippen LogP contribution >= 0.6 is 0 Å². The van der Waals surface area contributed by atoms with Gasteiger partial charge in [0.1, 0.15) is 24.9 Å². The fourth-order valence-electron chi connectivity index (χ4n) is 4.16. The van der Waals surface area contributed by atoms with Crippen molar-refractivity contribution in [2.75, 3.05) is 33.3 Å². The SMILES string of the molecule is CN1CCC[C@@]2(CCN(C(=O)COCc3nc4ccc(F)cc4[nH]3)C2)C1=O. The van der Waals surface area contributed by atoms with Gasteiger partial charge >= 0.3 is 0 Å². The molecule has 0 radical (unpaired) electrons. The first-order chi connectivity index (χ1) is 13.0. The third-order valence-corrected chi connectivity index (χ3v) is 5.61. The molecule has 8 heteroatoms. The lowest BCUT2D eigenvalue weighted by atomic mass is 9.78. The highest BCUT2D eigenvalue weighted by Gasteiger charge is 2.48. The van der Waals surface area contributed by atoms with Gasteiger partial charge in [-0.1, -0.05) is 0 Å². The molecule has 27 heavy (non-hydrogen) atoms. The van der Waals surface area contributed by atoms with Crippen LogP contribution in [0.4, 0.5) is 4.39 Å². The summed E-state index contributed by atoms with van der Waals surface area (Å²) in [5.41, 5.74) is 0.843. The Bertz CT molecular complexity index is 883. The van der Waals surface area contributed by atoms with Crippen LogP contribution in [0, 0.1) is 11.2 Å². The van der Waals surface area contributed by atoms with Crippen LogP contribution in [0.15, 0.2) is 18.2 Å². The maximum atomic E-state index is 13.2. The number of nitrogens with one attached hydrogen (secondary N) is 1. The summed E-state index contributed by atoms with van der Waals surface area (Å²) in [6.45, 7) is 1.93. The average Bonchev–Trinajstić information content (AvgIpc) is 3.24. The summed E-state index contributed by atoms with van der Waals surface area (Å²) in [7, 11) is 1.83. The molecule has 2 amide bonds. The van der Waals surface area contributed by atoms with Gasteiger partial charge in [-0.3, -0.25) is 9.59 Å². The Morgan fingerprint density at radius 3 is 3.07 bits per heavy atom. The van der Waals surface area contributed by atoms with Crippen molar-refractivity contribution in [3.63, 3.8) is 0 Å². The van der Waals surface area contributed by atoms with Crippen LogP contribution in [0.25, 0.3) is 11.0 Å². The number of piperidine rings is 1. The minimum Gasteiger partial charge on any atom is -0.364 e. The molecule has 1 aromatic heterocycles. The van der Waals surface area contributed by atoms with Crippen molar-refractivity contribution >= 4 is 22.8 Å². The number of aromatic nitrogens is 2. The highest BCUT2D eigenvalue weighted by molar-refractivity contribution is 5.86. The summed E-state index contributed by atoms with van der Waals surface area (Å²) >= 11 is 0. The highest BCUT2D eigenvalue weighted by Crippen LogP contribution is 2.39. The van der Waals surface area contributed by atoms with Crippen molar-refractivity contribution in [3.05, 3.63) is 29.8 Å². The van der Waals surface area contributed by atoms with E-state index in [0.717, 1.165) is 25.8 Å². The molecular weight excluding hydrogens is 351 g/mol. The molecule has 2 aliphatic rings. The standard InChI is InChI=1S/C19H23FN4O3/c1-23-7-2-5-19(18(23)26)6-8-24(12-19)17(25)11-27-10-16-21-14-4-3-13(20)9-15(14)22-16/h3-4,9H,2,5-8,10-12H2,1H3,(H,21,22)/t19-/m0/s1. The van der Waals surface area contributed by atoms with Gasteiger partial charge in [-0.05, 0) is 37.5 Å². The van der Waals surface area contributed by atoms with Crippen LogP contribution in [-0.4, -0.2) is 64.9 Å². The molecule has 0 bridgehead atoms. The Kier molecular flexibility index (Phi) is 4.59. The fraction of sp³-hybridized carbons (Fsp3) is 0.526. The number of halogens is 1. The third kappa shape index (κ3) is 3.41. The number of hydrogen-bond acceptors (Lipinski definition) is 4. The predicted molar refractivity (Wildman–Crippen MR) is 96.2 cm³/mol. The maximum Gasteiger partial charge on any atom is 0.248 e. The molecule has 2 saturated heterocycles. The summed E-state index contributed by atoms with van der Waals surface area (Å²) in [5.74, 6) is 0.250. The molecule has 0 saturated carbocycles. The van der Waals surface area contributed by atoms with Gasteiger partial charge in [0, 0.05) is 26.7 Å². The first-order valence-corrected chi connectivity index (χ1v) is 9.22. The number of carbonyl (C=O) groups is 2. The number of imidazole rings is 1. The van der Waals surface area contributed by atoms with E-state index in [4.69, 9.17) is 4.74 Å². The first-order valence-electron chi connectivity index (χ1n) is 9.22. The van der Waals surface area contributed by atoms with Gasteiger partial charge < -0.3 is 19.5 Å². The maximum absolute atomic E-state index is 13.2. The number of aromatic amines is 1. The molecule has 1 N–H and O–H groups in total. The molecule has 2 fully saturated rings. The molecule has 3 heterocycles. The van der Waals surface area contributed by atoms with Crippen LogP contribution in [0.5, 0.6) is 0 Å². The minimum absolute atomic E-state index is 0.0640. The van der Waals surface area contributed by atoms with Crippen LogP contribution < -0.4 is 0 Å². The van der Waals surface area contributed by atoms with E-state index in [1.165, 1.54) is 12.1 Å². The van der Waals surface area contributed by atoms with Gasteiger partial charge in [0.05, 0.1) is 16.4 Å². The Hall–Kier alpha value is -2.48. The zero-order valence-corrected chi connectivity index (χ0v) is 15.3. The van der Waals surface area contributed by atoms with Gasteiger partial charge in [-0.15, -0.1) is 0 Å². The number of carbonyl (C=O) groups excluding carboxylic acids is 2. The Morgan fingerprint density at radius 1 is 1.37 bits per heavy atom. The van der Waals surface area contributed by atoms with E-state index in [0.29, 0.717) is 29.9 Å². The number of rotatable bonds is 4. The number of fused-ring (bicyclic) bond motifs is 1. The number of likely N-dealkylation sites (tertiary alicyclic amines) is 2. The van der Waals surface area contributed by atoms with Crippen LogP contribution in [0.3, 0.4) is 0 Å². The first kappa shape index (κ1) is 17.9. The molecule has 7 nitrogen and oxygen atoms in total. The Balaban J connectivity index is 1.31. The number of amides is 2. The van der Waals surface area contributed by atoms with E-state index >= 15 is 0 Å². The van der Waals surface area contributed by atoms with Gasteiger partial charge in [-0.25, -0.2) is 9.37 Å². The van der Waals surface area contributed by atoms with E-state index in [-0.39, 0.29) is 30.8 Å². The summed E-state index contributed by atoms with van der Waals surface area (Å²) < 4.78 is 18.7. The number of H-pyrrole nitrogens is 1. The molecule has 2 aliphatic heterocycles. The molecule has 1 spiro atoms. The lowest BCUT2D eigenvalue weighted by molar-refractivity contribution is -0.145. The van der Waals surface area contributed by atoms with Crippen molar-refractivity contribution in [1.82, 2.24) is 19.8 Å². The number of ether oxygens (including phenoxy) is 1. The highest BCUT2D eigenvalue weighted by atomic mass is 19.1. The predicted octanol–water partition coefficient (Wildman–Crippen LogP) is 1.69. The average molecular weight is 374 g/mol. The second-order valence-corrected chi connectivity index (χ2v) is 7.51. The smallest absolute Gasteiger partial charge is 0.248 e. The van der Waals surface area contributed by atoms with Crippen LogP contribution in [0.1, 0.15) is 25.1 Å². The Morgan fingerprint density at radius 2 is 2.22 bits per heavy atom. The van der Waals surface area contributed by atoms with Gasteiger partial charge in [0.25, 0.3) is 0 Å². The zero-order valence-electron chi connectivity index (χ0n) is 15.3. The van der Waals surface area contributed by atoms with Crippen molar-refractivity contribution in [2.24, 2.45) is 5.41 Å². The van der Waals surface area contributed by atoms with E-state index < -0.39 is 5.41 Å². The van der Waals surface area contributed by atoms with Crippen molar-refractivity contribution in [2.45, 2.75) is 25.9 Å². The summed E-state index contributed by atoms with van der Waals surface area (Å²) in [6, 6.07) is 4.32. The van der Waals surface area contributed by atoms with E-state index in [1.807, 2.05) is 7.05 Å². The second-order valence-electron chi connectivity index (χ2n) is 7.51. The number of benzene rings is 1. The van der Waals surface area contributed by atoms with Crippen LogP contribution in [-0.2, 0) is 20.9 Å². The second kappa shape index (κ2) is 6.92. The monoisotopic (exact) mass is 374 g/mol. The Labute approximate surface area is 156 Å². The number of nitrogens with zero attached hydrogens (tertiary/aromatic N) is 3. The van der Waals surface area contributed by atoms with Crippen molar-refractivity contribution in [3.8, 4) is 0 Å². The minimum atomic E-state index is -0.411. The molecule has 0 unspecified atom stereocenters. The largest absolute Gasteiger partial charge is 0.364 e. The molecule has 0 aliphatic carbocycles. The van der Waals surface area contributed by atoms with Crippen LogP contribution in [0.2, 0.25) is 0 Å². The molecule has 1 aromatic carbocycles. The zero-order chi connectivity index (χ0) is 19.0. The van der Waals surface area contributed by atoms with Gasteiger partial charge in [0.15, 0.2) is 0 Å². The fourth-order valence-corrected chi connectivity index (χ4v) is 4.16. The number of hydrogen-bond donors (Lipinski definition) is 1. The third-order valence-electron chi connectivity index (χ3n) is 5.61. The topological polar surface area (TPSA) is 78.5 Å². The normalized spacial score (nSPS) is 23.0. The molecule has 1 atom stereocenters. The summed E-state index contributed by atoms with van der Waals surface area (Å²) in [5, 5.41) is 0. The molecular formula is C19H23FN4O3. The van der Waals surface area contributed by atoms with E-state index in [9.17, 15) is 14.0 Å². The van der Waals surface area contributed by atoms with E-state index in [2.05, 4.69) is 9.97 Å². The summed E-state index contributed by atoms with van der Waals surface area (Å²) in [6.07, 6.45) is 2.54. The molecule has 2 aromatic rings. The lowest BCUT2D eigenvalue weighted by Gasteiger charge is -2.37. The lowest BCUT2D eigenvalue weighted by Crippen LogP contribution is -2.48.